The highest BCUT2D eigenvalue weighted by Gasteiger charge is 2.38. The zero-order chi connectivity index (χ0) is 19.4. The molecule has 1 heterocycles. The van der Waals surface area contributed by atoms with Crippen LogP contribution < -0.4 is 0 Å². The van der Waals surface area contributed by atoms with Crippen molar-refractivity contribution in [3.05, 3.63) is 107 Å². The number of para-hydroxylation sites is 1. The van der Waals surface area contributed by atoms with E-state index in [4.69, 9.17) is 0 Å². The molecule has 2 aliphatic rings. The van der Waals surface area contributed by atoms with Crippen LogP contribution in [0.5, 0.6) is 0 Å². The van der Waals surface area contributed by atoms with Gasteiger partial charge < -0.3 is 4.98 Å². The molecule has 29 heavy (non-hydrogen) atoms. The summed E-state index contributed by atoms with van der Waals surface area (Å²) >= 11 is 0. The maximum absolute atomic E-state index is 3.51. The topological polar surface area (TPSA) is 15.8 Å². The van der Waals surface area contributed by atoms with Crippen molar-refractivity contribution in [3.8, 4) is 0 Å². The van der Waals surface area contributed by atoms with Crippen LogP contribution in [0.4, 0.5) is 0 Å². The van der Waals surface area contributed by atoms with Gasteiger partial charge in [-0.3, -0.25) is 0 Å². The predicted molar refractivity (Wildman–Crippen MR) is 123 cm³/mol. The Balaban J connectivity index is 1.71. The summed E-state index contributed by atoms with van der Waals surface area (Å²) in [5.74, 6) is 0.681. The van der Waals surface area contributed by atoms with Crippen LogP contribution in [0.3, 0.4) is 0 Å². The molecular formula is C28H23N. The summed E-state index contributed by atoms with van der Waals surface area (Å²) in [6.45, 7) is 2.28. The third-order valence-corrected chi connectivity index (χ3v) is 6.43. The summed E-state index contributed by atoms with van der Waals surface area (Å²) < 4.78 is 0. The van der Waals surface area contributed by atoms with Crippen LogP contribution in [0.2, 0.25) is 0 Å². The van der Waals surface area contributed by atoms with Crippen molar-refractivity contribution in [2.45, 2.75) is 19.8 Å². The first-order chi connectivity index (χ1) is 14.3. The Labute approximate surface area is 171 Å². The molecule has 1 fully saturated rings. The quantitative estimate of drug-likeness (QED) is 0.384. The monoisotopic (exact) mass is 373 g/mol. The van der Waals surface area contributed by atoms with Crippen LogP contribution >= 0.6 is 0 Å². The molecule has 0 bridgehead atoms. The van der Waals surface area contributed by atoms with Crippen molar-refractivity contribution in [1.82, 2.24) is 4.98 Å². The van der Waals surface area contributed by atoms with E-state index in [-0.39, 0.29) is 0 Å². The minimum absolute atomic E-state index is 0.681. The molecule has 1 nitrogen and oxygen atoms in total. The molecule has 4 aromatic rings. The van der Waals surface area contributed by atoms with E-state index >= 15 is 0 Å². The highest BCUT2D eigenvalue weighted by Crippen LogP contribution is 2.57. The maximum Gasteiger partial charge on any atom is 0.0460 e. The van der Waals surface area contributed by atoms with Gasteiger partial charge >= 0.3 is 0 Å². The molecule has 0 spiro atoms. The Bertz CT molecular complexity index is 1300. The van der Waals surface area contributed by atoms with Gasteiger partial charge in [-0.1, -0.05) is 72.8 Å². The lowest BCUT2D eigenvalue weighted by Gasteiger charge is -2.14. The Morgan fingerprint density at radius 3 is 2.24 bits per heavy atom. The lowest BCUT2D eigenvalue weighted by atomic mass is 9.89. The number of aromatic nitrogens is 1. The van der Waals surface area contributed by atoms with E-state index in [1.54, 1.807) is 5.57 Å². The van der Waals surface area contributed by atoms with Crippen LogP contribution in [0.15, 0.2) is 85.1 Å². The van der Waals surface area contributed by atoms with E-state index in [1.807, 2.05) is 0 Å². The number of benzene rings is 3. The minimum atomic E-state index is 0.681. The molecule has 6 rings (SSSR count). The summed E-state index contributed by atoms with van der Waals surface area (Å²) in [5.41, 5.74) is 12.4. The Morgan fingerprint density at radius 2 is 1.45 bits per heavy atom. The van der Waals surface area contributed by atoms with Crippen molar-refractivity contribution in [2.24, 2.45) is 5.92 Å². The zero-order valence-electron chi connectivity index (χ0n) is 16.6. The van der Waals surface area contributed by atoms with Gasteiger partial charge in [-0.15, -0.1) is 0 Å². The van der Waals surface area contributed by atoms with Crippen molar-refractivity contribution < 1.29 is 0 Å². The first-order valence-corrected chi connectivity index (χ1v) is 10.5. The Hall–Kier alpha value is -3.32. The number of rotatable bonds is 3. The average Bonchev–Trinajstić information content (AvgIpc) is 3.43. The molecule has 0 radical (unpaired) electrons. The number of H-pyrrole nitrogens is 1. The fraction of sp³-hybridized carbons (Fsp3) is 0.143. The van der Waals surface area contributed by atoms with Gasteiger partial charge in [-0.2, -0.15) is 0 Å². The molecular weight excluding hydrogens is 350 g/mol. The van der Waals surface area contributed by atoms with Gasteiger partial charge in [0, 0.05) is 22.7 Å². The lowest BCUT2D eigenvalue weighted by molar-refractivity contribution is 1.16. The third kappa shape index (κ3) is 2.54. The van der Waals surface area contributed by atoms with E-state index in [0.29, 0.717) is 5.92 Å². The van der Waals surface area contributed by atoms with Crippen LogP contribution in [0.1, 0.15) is 42.0 Å². The van der Waals surface area contributed by atoms with E-state index < -0.39 is 0 Å². The van der Waals surface area contributed by atoms with E-state index in [2.05, 4.69) is 97.0 Å². The second-order valence-electron chi connectivity index (χ2n) is 8.22. The first-order valence-electron chi connectivity index (χ1n) is 10.5. The SMILES string of the molecule is C/C(=C1\C(c2c[nH]c3ccccc23)=C(C2CC2)c2ccccc21)c1ccccc1. The molecule has 140 valence electrons. The molecule has 2 aliphatic carbocycles. The second kappa shape index (κ2) is 6.35. The van der Waals surface area contributed by atoms with Crippen LogP contribution in [-0.4, -0.2) is 4.98 Å². The summed E-state index contributed by atoms with van der Waals surface area (Å²) in [4.78, 5) is 3.51. The average molecular weight is 373 g/mol. The van der Waals surface area contributed by atoms with Gasteiger partial charge in [0.25, 0.3) is 0 Å². The first kappa shape index (κ1) is 16.6. The number of aromatic amines is 1. The number of nitrogens with one attached hydrogen (secondary N) is 1. The zero-order valence-corrected chi connectivity index (χ0v) is 16.6. The second-order valence-corrected chi connectivity index (χ2v) is 8.22. The van der Waals surface area contributed by atoms with Gasteiger partial charge in [0.1, 0.15) is 0 Å². The van der Waals surface area contributed by atoms with Gasteiger partial charge in [0.15, 0.2) is 0 Å². The maximum atomic E-state index is 3.51. The van der Waals surface area contributed by atoms with Crippen molar-refractivity contribution in [3.63, 3.8) is 0 Å². The fourth-order valence-electron chi connectivity index (χ4n) is 4.92. The highest BCUT2D eigenvalue weighted by atomic mass is 14.7. The third-order valence-electron chi connectivity index (χ3n) is 6.43. The standard InChI is InChI=1S/C28H23N/c1-18(19-9-3-2-4-10-19)26-22-12-5-6-13-23(22)27(20-15-16-20)28(26)24-17-29-25-14-8-7-11-21(24)25/h2-14,17,20,29H,15-16H2,1H3/b26-18+. The molecule has 1 heteroatoms. The van der Waals surface area contributed by atoms with E-state index in [1.165, 1.54) is 62.7 Å². The molecule has 0 amide bonds. The summed E-state index contributed by atoms with van der Waals surface area (Å²) in [6, 6.07) is 28.5. The van der Waals surface area contributed by atoms with Crippen molar-refractivity contribution in [2.75, 3.05) is 0 Å². The number of hydrogen-bond acceptors (Lipinski definition) is 0. The smallest absolute Gasteiger partial charge is 0.0460 e. The lowest BCUT2D eigenvalue weighted by Crippen LogP contribution is -1.91. The molecule has 0 unspecified atom stereocenters. The van der Waals surface area contributed by atoms with Crippen molar-refractivity contribution >= 4 is 33.2 Å². The highest BCUT2D eigenvalue weighted by molar-refractivity contribution is 6.29. The number of allylic oxidation sites excluding steroid dienone is 4. The van der Waals surface area contributed by atoms with Crippen molar-refractivity contribution in [1.29, 1.82) is 0 Å². The predicted octanol–water partition coefficient (Wildman–Crippen LogP) is 7.43. The molecule has 0 saturated heterocycles. The van der Waals surface area contributed by atoms with Gasteiger partial charge in [0.05, 0.1) is 0 Å². The minimum Gasteiger partial charge on any atom is -0.361 e. The Kier molecular flexibility index (Phi) is 3.64. The molecule has 3 aromatic carbocycles. The van der Waals surface area contributed by atoms with Crippen LogP contribution in [0.25, 0.3) is 33.2 Å². The number of fused-ring (bicyclic) bond motifs is 2. The normalized spacial score (nSPS) is 17.7. The van der Waals surface area contributed by atoms with E-state index in [9.17, 15) is 0 Å². The molecule has 1 N–H and O–H groups in total. The largest absolute Gasteiger partial charge is 0.361 e. The molecule has 1 aromatic heterocycles. The van der Waals surface area contributed by atoms with Gasteiger partial charge in [-0.05, 0) is 70.7 Å². The summed E-state index contributed by atoms with van der Waals surface area (Å²) in [7, 11) is 0. The van der Waals surface area contributed by atoms with E-state index in [0.717, 1.165) is 0 Å². The van der Waals surface area contributed by atoms with Crippen LogP contribution in [-0.2, 0) is 0 Å². The Morgan fingerprint density at radius 1 is 0.759 bits per heavy atom. The van der Waals surface area contributed by atoms with Gasteiger partial charge in [0.2, 0.25) is 0 Å². The molecule has 1 saturated carbocycles. The fourth-order valence-corrected chi connectivity index (χ4v) is 4.92. The summed E-state index contributed by atoms with van der Waals surface area (Å²) in [6.07, 6.45) is 4.81. The molecule has 0 atom stereocenters. The number of hydrogen-bond donors (Lipinski definition) is 1. The summed E-state index contributed by atoms with van der Waals surface area (Å²) in [5, 5.41) is 1.31. The van der Waals surface area contributed by atoms with Crippen LogP contribution in [0, 0.1) is 5.92 Å². The van der Waals surface area contributed by atoms with Gasteiger partial charge in [-0.25, -0.2) is 0 Å². The molecule has 0 aliphatic heterocycles.